The van der Waals surface area contributed by atoms with Crippen LogP contribution in [-0.2, 0) is 11.2 Å². The number of nitrogens with zero attached hydrogens (tertiary/aromatic N) is 3. The second-order valence-electron chi connectivity index (χ2n) is 8.67. The molecule has 1 N–H and O–H groups in total. The molecule has 3 aliphatic rings. The van der Waals surface area contributed by atoms with Gasteiger partial charge in [-0.15, -0.1) is 11.6 Å². The van der Waals surface area contributed by atoms with Crippen molar-refractivity contribution in [3.63, 3.8) is 0 Å². The quantitative estimate of drug-likeness (QED) is 0.472. The molecule has 30 heavy (non-hydrogen) atoms. The van der Waals surface area contributed by atoms with Gasteiger partial charge in [0.1, 0.15) is 5.71 Å². The minimum Gasteiger partial charge on any atom is -0.288 e. The summed E-state index contributed by atoms with van der Waals surface area (Å²) in [5, 5.41) is 9.92. The Kier molecular flexibility index (Phi) is 7.55. The number of halogens is 2. The third-order valence-electron chi connectivity index (χ3n) is 6.54. The summed E-state index contributed by atoms with van der Waals surface area (Å²) in [5.74, 6) is 0.804. The van der Waals surface area contributed by atoms with Crippen molar-refractivity contribution < 1.29 is 4.79 Å². The van der Waals surface area contributed by atoms with Crippen LogP contribution < -0.4 is 5.43 Å². The molecule has 0 aromatic heterocycles. The lowest BCUT2D eigenvalue weighted by atomic mass is 9.87. The number of fused-ring (bicyclic) bond motifs is 3. The SMILES string of the molecule is O=C(NN1CCCCC1)C1=NN(CCCCCCl)C2c3ccc(Cl)cc3CCCC12. The second kappa shape index (κ2) is 10.3. The van der Waals surface area contributed by atoms with Gasteiger partial charge in [0.05, 0.1) is 6.04 Å². The summed E-state index contributed by atoms with van der Waals surface area (Å²) in [7, 11) is 0. The van der Waals surface area contributed by atoms with Gasteiger partial charge in [-0.05, 0) is 68.2 Å². The number of hydrogen-bond donors (Lipinski definition) is 1. The number of aryl methyl sites for hydroxylation is 1. The van der Waals surface area contributed by atoms with E-state index in [0.29, 0.717) is 11.6 Å². The third kappa shape index (κ3) is 4.95. The molecular formula is C23H32Cl2N4O. The molecule has 1 saturated heterocycles. The summed E-state index contributed by atoms with van der Waals surface area (Å²) >= 11 is 12.1. The Hall–Kier alpha value is -1.30. The van der Waals surface area contributed by atoms with E-state index in [9.17, 15) is 4.79 Å². The number of rotatable bonds is 7. The fourth-order valence-electron chi connectivity index (χ4n) is 5.05. The first-order chi connectivity index (χ1) is 14.7. The van der Waals surface area contributed by atoms with Gasteiger partial charge in [0.15, 0.2) is 0 Å². The van der Waals surface area contributed by atoms with Gasteiger partial charge in [-0.3, -0.25) is 15.2 Å². The van der Waals surface area contributed by atoms with E-state index < -0.39 is 0 Å². The lowest BCUT2D eigenvalue weighted by Crippen LogP contribution is -2.48. The Bertz CT molecular complexity index is 778. The molecule has 1 aliphatic carbocycles. The molecule has 4 rings (SSSR count). The number of alkyl halides is 1. The van der Waals surface area contributed by atoms with Gasteiger partial charge in [0.2, 0.25) is 0 Å². The zero-order chi connectivity index (χ0) is 20.9. The molecule has 0 bridgehead atoms. The van der Waals surface area contributed by atoms with Gasteiger partial charge in [-0.25, -0.2) is 5.01 Å². The predicted octanol–water partition coefficient (Wildman–Crippen LogP) is 4.93. The lowest BCUT2D eigenvalue weighted by molar-refractivity contribution is -0.120. The van der Waals surface area contributed by atoms with Crippen LogP contribution in [0.25, 0.3) is 0 Å². The molecule has 1 amide bonds. The number of piperidine rings is 1. The average Bonchev–Trinajstić information content (AvgIpc) is 3.00. The van der Waals surface area contributed by atoms with Crippen LogP contribution in [0.1, 0.15) is 68.5 Å². The van der Waals surface area contributed by atoms with Crippen LogP contribution in [-0.4, -0.2) is 47.2 Å². The minimum atomic E-state index is -0.0208. The Balaban J connectivity index is 1.57. The third-order valence-corrected chi connectivity index (χ3v) is 7.05. The molecule has 1 aromatic carbocycles. The van der Waals surface area contributed by atoms with E-state index in [0.717, 1.165) is 76.0 Å². The van der Waals surface area contributed by atoms with Crippen LogP contribution >= 0.6 is 23.2 Å². The van der Waals surface area contributed by atoms with E-state index in [1.165, 1.54) is 17.5 Å². The fourth-order valence-corrected chi connectivity index (χ4v) is 5.43. The highest BCUT2D eigenvalue weighted by Crippen LogP contribution is 2.43. The van der Waals surface area contributed by atoms with Crippen molar-refractivity contribution in [3.8, 4) is 0 Å². The monoisotopic (exact) mass is 450 g/mol. The summed E-state index contributed by atoms with van der Waals surface area (Å²) in [5.41, 5.74) is 6.42. The van der Waals surface area contributed by atoms with Gasteiger partial charge in [0.25, 0.3) is 5.91 Å². The van der Waals surface area contributed by atoms with Crippen molar-refractivity contribution >= 4 is 34.8 Å². The first-order valence-corrected chi connectivity index (χ1v) is 12.3. The first-order valence-electron chi connectivity index (χ1n) is 11.4. The molecule has 2 aliphatic heterocycles. The predicted molar refractivity (Wildman–Crippen MR) is 123 cm³/mol. The molecule has 164 valence electrons. The molecule has 0 spiro atoms. The topological polar surface area (TPSA) is 47.9 Å². The number of nitrogens with one attached hydrogen (secondary N) is 1. The maximum atomic E-state index is 13.2. The number of amides is 1. The van der Waals surface area contributed by atoms with Crippen molar-refractivity contribution in [2.45, 2.75) is 63.8 Å². The van der Waals surface area contributed by atoms with Crippen LogP contribution in [0.4, 0.5) is 0 Å². The number of benzene rings is 1. The maximum absolute atomic E-state index is 13.2. The second-order valence-corrected chi connectivity index (χ2v) is 9.49. The Morgan fingerprint density at radius 3 is 2.77 bits per heavy atom. The number of carbonyl (C=O) groups excluding carboxylic acids is 1. The van der Waals surface area contributed by atoms with E-state index in [4.69, 9.17) is 28.3 Å². The summed E-state index contributed by atoms with van der Waals surface area (Å²) < 4.78 is 0. The number of hydrogen-bond acceptors (Lipinski definition) is 4. The molecule has 7 heteroatoms. The van der Waals surface area contributed by atoms with Crippen molar-refractivity contribution in [2.24, 2.45) is 11.0 Å². The molecule has 1 aromatic rings. The van der Waals surface area contributed by atoms with Crippen LogP contribution in [0.15, 0.2) is 23.3 Å². The highest BCUT2D eigenvalue weighted by molar-refractivity contribution is 6.40. The molecule has 2 unspecified atom stereocenters. The molecule has 1 fully saturated rings. The molecule has 2 atom stereocenters. The van der Waals surface area contributed by atoms with Crippen LogP contribution in [0, 0.1) is 5.92 Å². The smallest absolute Gasteiger partial charge is 0.282 e. The number of carbonyl (C=O) groups is 1. The Labute approximate surface area is 189 Å². The number of unbranched alkanes of at least 4 members (excludes halogenated alkanes) is 2. The van der Waals surface area contributed by atoms with Crippen molar-refractivity contribution in [1.82, 2.24) is 15.4 Å². The zero-order valence-corrected chi connectivity index (χ0v) is 19.1. The van der Waals surface area contributed by atoms with Crippen molar-refractivity contribution in [3.05, 3.63) is 34.3 Å². The molecular weight excluding hydrogens is 419 g/mol. The van der Waals surface area contributed by atoms with Gasteiger partial charge in [-0.2, -0.15) is 5.10 Å². The van der Waals surface area contributed by atoms with Crippen LogP contribution in [0.3, 0.4) is 0 Å². The molecule has 0 saturated carbocycles. The van der Waals surface area contributed by atoms with E-state index in [1.807, 2.05) is 6.07 Å². The normalized spacial score (nSPS) is 24.1. The van der Waals surface area contributed by atoms with E-state index in [2.05, 4.69) is 27.6 Å². The summed E-state index contributed by atoms with van der Waals surface area (Å²) in [6.45, 7) is 2.70. The highest BCUT2D eigenvalue weighted by Gasteiger charge is 2.43. The van der Waals surface area contributed by atoms with Crippen molar-refractivity contribution in [1.29, 1.82) is 0 Å². The van der Waals surface area contributed by atoms with Crippen LogP contribution in [0.2, 0.25) is 5.02 Å². The fraction of sp³-hybridized carbons (Fsp3) is 0.652. The van der Waals surface area contributed by atoms with Gasteiger partial charge >= 0.3 is 0 Å². The standard InChI is InChI=1S/C23H32Cl2N4O/c24-12-3-1-6-15-29-22-19-11-10-18(25)16-17(19)8-7-9-20(22)21(26-29)23(30)27-28-13-4-2-5-14-28/h10-11,16,20,22H,1-9,12-15H2,(H,27,30). The summed E-state index contributed by atoms with van der Waals surface area (Å²) in [6, 6.07) is 6.34. The largest absolute Gasteiger partial charge is 0.288 e. The van der Waals surface area contributed by atoms with Gasteiger partial charge < -0.3 is 0 Å². The average molecular weight is 451 g/mol. The molecule has 5 nitrogen and oxygen atoms in total. The summed E-state index contributed by atoms with van der Waals surface area (Å²) in [6.07, 6.45) is 9.67. The summed E-state index contributed by atoms with van der Waals surface area (Å²) in [4.78, 5) is 13.2. The van der Waals surface area contributed by atoms with E-state index in [1.54, 1.807) is 0 Å². The Morgan fingerprint density at radius 1 is 1.13 bits per heavy atom. The van der Waals surface area contributed by atoms with Gasteiger partial charge in [0, 0.05) is 36.5 Å². The lowest BCUT2D eigenvalue weighted by Gasteiger charge is -2.29. The maximum Gasteiger partial charge on any atom is 0.282 e. The number of hydrazone groups is 1. The highest BCUT2D eigenvalue weighted by atomic mass is 35.5. The Morgan fingerprint density at radius 2 is 1.97 bits per heavy atom. The molecule has 2 heterocycles. The zero-order valence-electron chi connectivity index (χ0n) is 17.6. The first kappa shape index (κ1) is 21.9. The van der Waals surface area contributed by atoms with Crippen LogP contribution in [0.5, 0.6) is 0 Å². The van der Waals surface area contributed by atoms with Gasteiger partial charge in [-0.1, -0.05) is 30.5 Å². The molecule has 0 radical (unpaired) electrons. The minimum absolute atomic E-state index is 0.0208. The van der Waals surface area contributed by atoms with E-state index >= 15 is 0 Å². The van der Waals surface area contributed by atoms with E-state index in [-0.39, 0.29) is 17.9 Å². The van der Waals surface area contributed by atoms with Crippen molar-refractivity contribution in [2.75, 3.05) is 25.5 Å². The number of hydrazine groups is 1.